The van der Waals surface area contributed by atoms with Crippen LogP contribution in [0.2, 0.25) is 5.02 Å². The third-order valence-electron chi connectivity index (χ3n) is 2.85. The van der Waals surface area contributed by atoms with E-state index < -0.39 is 0 Å². The number of aryl methyl sites for hydroxylation is 1. The summed E-state index contributed by atoms with van der Waals surface area (Å²) in [6.45, 7) is 7.38. The van der Waals surface area contributed by atoms with Crippen LogP contribution in [-0.2, 0) is 6.42 Å². The zero-order valence-corrected chi connectivity index (χ0v) is 14.0. The lowest BCUT2D eigenvalue weighted by atomic mass is 10.1. The highest BCUT2D eigenvalue weighted by atomic mass is 35.5. The Kier molecular flexibility index (Phi) is 5.30. The first-order chi connectivity index (χ1) is 9.85. The van der Waals surface area contributed by atoms with E-state index in [1.54, 1.807) is 6.07 Å². The highest BCUT2D eigenvalue weighted by Gasteiger charge is 2.12. The molecule has 1 aromatic carbocycles. The minimum atomic E-state index is -0.346. The minimum absolute atomic E-state index is 0.133. The molecule has 0 radical (unpaired) electrons. The Morgan fingerprint density at radius 3 is 2.71 bits per heavy atom. The second-order valence-corrected chi connectivity index (χ2v) is 7.37. The van der Waals surface area contributed by atoms with E-state index in [0.717, 1.165) is 35.0 Å². The molecule has 6 heteroatoms. The number of aromatic nitrogens is 2. The van der Waals surface area contributed by atoms with Crippen LogP contribution in [0.4, 0.5) is 4.39 Å². The highest BCUT2D eigenvalue weighted by Crippen LogP contribution is 2.30. The van der Waals surface area contributed by atoms with E-state index in [-0.39, 0.29) is 11.4 Å². The lowest BCUT2D eigenvalue weighted by molar-refractivity contribution is 0.422. The molecule has 0 amide bonds. The molecule has 2 rings (SSSR count). The minimum Gasteiger partial charge on any atom is -0.312 e. The summed E-state index contributed by atoms with van der Waals surface area (Å²) in [5.74, 6) is -0.346. The van der Waals surface area contributed by atoms with Gasteiger partial charge in [0.2, 0.25) is 0 Å². The van der Waals surface area contributed by atoms with Gasteiger partial charge in [-0.25, -0.2) is 4.39 Å². The molecule has 0 aliphatic carbocycles. The van der Waals surface area contributed by atoms with Crippen molar-refractivity contribution in [1.29, 1.82) is 0 Å². The van der Waals surface area contributed by atoms with Gasteiger partial charge in [0.05, 0.1) is 5.02 Å². The molecule has 1 heterocycles. The summed E-state index contributed by atoms with van der Waals surface area (Å²) in [7, 11) is 0. The molecule has 0 atom stereocenters. The van der Waals surface area contributed by atoms with Crippen molar-refractivity contribution in [3.8, 4) is 10.6 Å². The molecule has 0 saturated carbocycles. The molecule has 21 heavy (non-hydrogen) atoms. The number of hydrogen-bond donors (Lipinski definition) is 1. The summed E-state index contributed by atoms with van der Waals surface area (Å²) in [5, 5.41) is 13.8. The van der Waals surface area contributed by atoms with Gasteiger partial charge in [0, 0.05) is 17.5 Å². The van der Waals surface area contributed by atoms with Gasteiger partial charge in [0.1, 0.15) is 15.8 Å². The first-order valence-corrected chi connectivity index (χ1v) is 8.07. The fourth-order valence-electron chi connectivity index (χ4n) is 1.83. The van der Waals surface area contributed by atoms with Gasteiger partial charge < -0.3 is 5.32 Å². The fourth-order valence-corrected chi connectivity index (χ4v) is 3.06. The maximum Gasteiger partial charge on any atom is 0.149 e. The quantitative estimate of drug-likeness (QED) is 0.831. The predicted molar refractivity (Wildman–Crippen MR) is 86.4 cm³/mol. The summed E-state index contributed by atoms with van der Waals surface area (Å²) >= 11 is 7.55. The average Bonchev–Trinajstić information content (AvgIpc) is 2.82. The number of nitrogens with one attached hydrogen (secondary N) is 1. The normalized spacial score (nSPS) is 11.9. The Morgan fingerprint density at radius 1 is 1.29 bits per heavy atom. The summed E-state index contributed by atoms with van der Waals surface area (Å²) in [6, 6.07) is 4.32. The SMILES string of the molecule is CC(C)(C)NCCCc1nnc(-c2ccc(F)cc2Cl)s1. The number of benzene rings is 1. The molecule has 0 saturated heterocycles. The van der Waals surface area contributed by atoms with Crippen LogP contribution in [0, 0.1) is 5.82 Å². The number of hydrogen-bond acceptors (Lipinski definition) is 4. The Labute approximate surface area is 133 Å². The first kappa shape index (κ1) is 16.3. The molecule has 0 fully saturated rings. The van der Waals surface area contributed by atoms with Crippen molar-refractivity contribution in [2.75, 3.05) is 6.54 Å². The molecule has 1 N–H and O–H groups in total. The lowest BCUT2D eigenvalue weighted by Gasteiger charge is -2.20. The molecule has 3 nitrogen and oxygen atoms in total. The topological polar surface area (TPSA) is 37.8 Å². The van der Waals surface area contributed by atoms with Gasteiger partial charge in [0.25, 0.3) is 0 Å². The van der Waals surface area contributed by atoms with Gasteiger partial charge in [-0.1, -0.05) is 22.9 Å². The Morgan fingerprint density at radius 2 is 2.05 bits per heavy atom. The lowest BCUT2D eigenvalue weighted by Crippen LogP contribution is -2.36. The molecule has 0 aliphatic heterocycles. The van der Waals surface area contributed by atoms with Crippen LogP contribution in [0.1, 0.15) is 32.2 Å². The highest BCUT2D eigenvalue weighted by molar-refractivity contribution is 7.14. The smallest absolute Gasteiger partial charge is 0.149 e. The largest absolute Gasteiger partial charge is 0.312 e. The van der Waals surface area contributed by atoms with Crippen LogP contribution < -0.4 is 5.32 Å². The molecule has 0 unspecified atom stereocenters. The number of nitrogens with zero attached hydrogens (tertiary/aromatic N) is 2. The van der Waals surface area contributed by atoms with Crippen LogP contribution in [0.3, 0.4) is 0 Å². The van der Waals surface area contributed by atoms with E-state index >= 15 is 0 Å². The monoisotopic (exact) mass is 327 g/mol. The van der Waals surface area contributed by atoms with E-state index in [4.69, 9.17) is 11.6 Å². The third kappa shape index (κ3) is 5.02. The van der Waals surface area contributed by atoms with Crippen LogP contribution in [-0.4, -0.2) is 22.3 Å². The van der Waals surface area contributed by atoms with Gasteiger partial charge in [-0.3, -0.25) is 0 Å². The number of rotatable bonds is 5. The van der Waals surface area contributed by atoms with Gasteiger partial charge in [-0.05, 0) is 51.9 Å². The summed E-state index contributed by atoms with van der Waals surface area (Å²) in [5.41, 5.74) is 0.864. The molecule has 1 aromatic heterocycles. The van der Waals surface area contributed by atoms with Crippen molar-refractivity contribution in [2.45, 2.75) is 39.2 Å². The Balaban J connectivity index is 1.95. The van der Waals surface area contributed by atoms with Crippen molar-refractivity contribution in [2.24, 2.45) is 0 Å². The Bertz CT molecular complexity index is 607. The molecule has 0 aliphatic rings. The van der Waals surface area contributed by atoms with Gasteiger partial charge in [0.15, 0.2) is 0 Å². The predicted octanol–water partition coefficient (Wildman–Crippen LogP) is 4.32. The second kappa shape index (κ2) is 6.81. The third-order valence-corrected chi connectivity index (χ3v) is 4.18. The van der Waals surface area contributed by atoms with Crippen molar-refractivity contribution in [3.05, 3.63) is 34.0 Å². The summed E-state index contributed by atoms with van der Waals surface area (Å²) in [4.78, 5) is 0. The molecule has 0 bridgehead atoms. The van der Waals surface area contributed by atoms with Gasteiger partial charge in [-0.15, -0.1) is 10.2 Å². The second-order valence-electron chi connectivity index (χ2n) is 5.91. The maximum absolute atomic E-state index is 13.0. The van der Waals surface area contributed by atoms with Crippen LogP contribution in [0.25, 0.3) is 10.6 Å². The molecular formula is C15H19ClFN3S. The molecule has 2 aromatic rings. The standard InChI is InChI=1S/C15H19ClFN3S/c1-15(2,3)18-8-4-5-13-19-20-14(21-13)11-7-6-10(17)9-12(11)16/h6-7,9,18H,4-5,8H2,1-3H3. The van der Waals surface area contributed by atoms with Crippen LogP contribution in [0.5, 0.6) is 0 Å². The van der Waals surface area contributed by atoms with Crippen LogP contribution >= 0.6 is 22.9 Å². The Hall–Kier alpha value is -1.04. The first-order valence-electron chi connectivity index (χ1n) is 6.88. The number of halogens is 2. The van der Waals surface area contributed by atoms with Gasteiger partial charge >= 0.3 is 0 Å². The van der Waals surface area contributed by atoms with Crippen molar-refractivity contribution in [1.82, 2.24) is 15.5 Å². The van der Waals surface area contributed by atoms with Crippen molar-refractivity contribution in [3.63, 3.8) is 0 Å². The molecule has 114 valence electrons. The van der Waals surface area contributed by atoms with Gasteiger partial charge in [-0.2, -0.15) is 0 Å². The zero-order chi connectivity index (χ0) is 15.5. The average molecular weight is 328 g/mol. The zero-order valence-electron chi connectivity index (χ0n) is 12.4. The maximum atomic E-state index is 13.0. The van der Waals surface area contributed by atoms with E-state index in [1.165, 1.54) is 23.5 Å². The van der Waals surface area contributed by atoms with Crippen molar-refractivity contribution < 1.29 is 4.39 Å². The van der Waals surface area contributed by atoms with E-state index in [1.807, 2.05) is 0 Å². The van der Waals surface area contributed by atoms with Crippen LogP contribution in [0.15, 0.2) is 18.2 Å². The van der Waals surface area contributed by atoms with E-state index in [0.29, 0.717) is 5.02 Å². The molecule has 0 spiro atoms. The van der Waals surface area contributed by atoms with E-state index in [2.05, 4.69) is 36.3 Å². The summed E-state index contributed by atoms with van der Waals surface area (Å²) in [6.07, 6.45) is 1.88. The van der Waals surface area contributed by atoms with E-state index in [9.17, 15) is 4.39 Å². The fraction of sp³-hybridized carbons (Fsp3) is 0.467. The van der Waals surface area contributed by atoms with Crippen molar-refractivity contribution >= 4 is 22.9 Å². The molecular weight excluding hydrogens is 309 g/mol. The summed E-state index contributed by atoms with van der Waals surface area (Å²) < 4.78 is 13.0.